The summed E-state index contributed by atoms with van der Waals surface area (Å²) in [4.78, 5) is 17.4. The fourth-order valence-electron chi connectivity index (χ4n) is 5.04. The lowest BCUT2D eigenvalue weighted by atomic mass is 9.73. The second-order valence-electron chi connectivity index (χ2n) is 9.13. The van der Waals surface area contributed by atoms with Gasteiger partial charge in [0.1, 0.15) is 0 Å². The second-order valence-corrected chi connectivity index (χ2v) is 9.13. The van der Waals surface area contributed by atoms with E-state index in [1.807, 2.05) is 6.92 Å². The smallest absolute Gasteiger partial charge is 0.222 e. The Morgan fingerprint density at radius 3 is 2.38 bits per heavy atom. The van der Waals surface area contributed by atoms with Crippen LogP contribution >= 0.6 is 0 Å². The van der Waals surface area contributed by atoms with E-state index in [1.54, 1.807) is 0 Å². The van der Waals surface area contributed by atoms with Crippen molar-refractivity contribution in [2.24, 2.45) is 5.41 Å². The molecule has 1 amide bonds. The van der Waals surface area contributed by atoms with Crippen LogP contribution in [0.4, 0.5) is 0 Å². The number of aryl methyl sites for hydroxylation is 1. The number of piperidine rings is 1. The van der Waals surface area contributed by atoms with Gasteiger partial charge in [-0.05, 0) is 67.8 Å². The molecule has 0 aliphatic carbocycles. The molecule has 2 aliphatic rings. The van der Waals surface area contributed by atoms with Gasteiger partial charge in [-0.25, -0.2) is 0 Å². The molecule has 1 spiro atoms. The van der Waals surface area contributed by atoms with Gasteiger partial charge in [0.15, 0.2) is 0 Å². The van der Waals surface area contributed by atoms with Crippen molar-refractivity contribution in [1.29, 1.82) is 0 Å². The van der Waals surface area contributed by atoms with E-state index in [1.165, 1.54) is 35.1 Å². The number of nitrogens with zero attached hydrogens (tertiary/aromatic N) is 2. The van der Waals surface area contributed by atoms with E-state index < -0.39 is 0 Å². The zero-order valence-corrected chi connectivity index (χ0v) is 18.0. The van der Waals surface area contributed by atoms with Gasteiger partial charge in [-0.15, -0.1) is 0 Å². The molecule has 0 atom stereocenters. The zero-order valence-electron chi connectivity index (χ0n) is 18.0. The molecule has 2 aromatic rings. The zero-order chi connectivity index (χ0) is 20.3. The predicted octanol–water partition coefficient (Wildman–Crippen LogP) is 4.61. The molecule has 0 bridgehead atoms. The highest BCUT2D eigenvalue weighted by molar-refractivity contribution is 5.76. The van der Waals surface area contributed by atoms with Gasteiger partial charge >= 0.3 is 0 Å². The van der Waals surface area contributed by atoms with E-state index in [0.29, 0.717) is 12.3 Å². The Morgan fingerprint density at radius 1 is 1.00 bits per heavy atom. The standard InChI is InChI=1S/C26H34N2O/c1-3-25(29)28-19-24-7-5-4-6-23(24)18-26(20-28)13-16-27(17-14-26)15-12-22-10-8-21(2)9-11-22/h4-11H,3,12-20H2,1-2H3. The van der Waals surface area contributed by atoms with Crippen molar-refractivity contribution < 1.29 is 4.79 Å². The molecule has 0 unspecified atom stereocenters. The number of likely N-dealkylation sites (tertiary alicyclic amines) is 1. The van der Waals surface area contributed by atoms with E-state index >= 15 is 0 Å². The Labute approximate surface area is 175 Å². The highest BCUT2D eigenvalue weighted by atomic mass is 16.2. The minimum Gasteiger partial charge on any atom is -0.338 e. The molecule has 4 rings (SSSR count). The van der Waals surface area contributed by atoms with Crippen LogP contribution < -0.4 is 0 Å². The number of rotatable bonds is 4. The first-order valence-electron chi connectivity index (χ1n) is 11.2. The van der Waals surface area contributed by atoms with Gasteiger partial charge < -0.3 is 9.80 Å². The lowest BCUT2D eigenvalue weighted by molar-refractivity contribution is -0.133. The Hall–Kier alpha value is -2.13. The van der Waals surface area contributed by atoms with Gasteiger partial charge in [0.2, 0.25) is 5.91 Å². The molecule has 0 radical (unpaired) electrons. The second kappa shape index (κ2) is 8.71. The minimum atomic E-state index is 0.234. The lowest BCUT2D eigenvalue weighted by Gasteiger charge is -2.43. The first-order chi connectivity index (χ1) is 14.1. The Kier molecular flexibility index (Phi) is 6.05. The molecule has 29 heavy (non-hydrogen) atoms. The number of benzene rings is 2. The van der Waals surface area contributed by atoms with Crippen LogP contribution in [0.5, 0.6) is 0 Å². The van der Waals surface area contributed by atoms with Crippen molar-refractivity contribution >= 4 is 5.91 Å². The summed E-state index contributed by atoms with van der Waals surface area (Å²) in [6.45, 7) is 9.24. The molecule has 1 saturated heterocycles. The van der Waals surface area contributed by atoms with Gasteiger partial charge in [-0.1, -0.05) is 61.0 Å². The fraction of sp³-hybridized carbons (Fsp3) is 0.500. The summed E-state index contributed by atoms with van der Waals surface area (Å²) >= 11 is 0. The maximum absolute atomic E-state index is 12.6. The van der Waals surface area contributed by atoms with Crippen LogP contribution in [0.3, 0.4) is 0 Å². The van der Waals surface area contributed by atoms with Crippen LogP contribution in [0.15, 0.2) is 48.5 Å². The molecule has 2 heterocycles. The van der Waals surface area contributed by atoms with Crippen LogP contribution in [-0.2, 0) is 24.2 Å². The van der Waals surface area contributed by atoms with Crippen LogP contribution in [0.25, 0.3) is 0 Å². The summed E-state index contributed by atoms with van der Waals surface area (Å²) in [5.41, 5.74) is 5.78. The molecule has 2 aliphatic heterocycles. The first-order valence-corrected chi connectivity index (χ1v) is 11.2. The molecule has 0 saturated carbocycles. The summed E-state index contributed by atoms with van der Waals surface area (Å²) in [7, 11) is 0. The Balaban J connectivity index is 1.42. The van der Waals surface area contributed by atoms with E-state index in [2.05, 4.69) is 65.3 Å². The predicted molar refractivity (Wildman–Crippen MR) is 119 cm³/mol. The average Bonchev–Trinajstić information content (AvgIpc) is 2.90. The fourth-order valence-corrected chi connectivity index (χ4v) is 5.04. The summed E-state index contributed by atoms with van der Waals surface area (Å²) in [6, 6.07) is 17.7. The number of amides is 1. The molecular weight excluding hydrogens is 356 g/mol. The van der Waals surface area contributed by atoms with Crippen LogP contribution in [0, 0.1) is 12.3 Å². The van der Waals surface area contributed by atoms with E-state index in [4.69, 9.17) is 0 Å². The summed E-state index contributed by atoms with van der Waals surface area (Å²) in [5, 5.41) is 0. The molecule has 3 nitrogen and oxygen atoms in total. The van der Waals surface area contributed by atoms with Crippen LogP contribution in [-0.4, -0.2) is 41.9 Å². The van der Waals surface area contributed by atoms with Gasteiger partial charge in [0.05, 0.1) is 0 Å². The topological polar surface area (TPSA) is 23.6 Å². The molecule has 2 aromatic carbocycles. The van der Waals surface area contributed by atoms with Gasteiger partial charge in [-0.3, -0.25) is 4.79 Å². The molecule has 1 fully saturated rings. The number of hydrogen-bond acceptors (Lipinski definition) is 2. The first kappa shape index (κ1) is 20.2. The van der Waals surface area contributed by atoms with Gasteiger partial charge in [-0.2, -0.15) is 0 Å². The SMILES string of the molecule is CCC(=O)N1Cc2ccccc2CC2(CCN(CCc3ccc(C)cc3)CC2)C1. The highest BCUT2D eigenvalue weighted by Gasteiger charge is 2.39. The summed E-state index contributed by atoms with van der Waals surface area (Å²) in [5.74, 6) is 0.294. The highest BCUT2D eigenvalue weighted by Crippen LogP contribution is 2.39. The Bertz CT molecular complexity index is 834. The van der Waals surface area contributed by atoms with Gasteiger partial charge in [0.25, 0.3) is 0 Å². The normalized spacial score (nSPS) is 19.0. The van der Waals surface area contributed by atoms with Crippen molar-refractivity contribution in [3.63, 3.8) is 0 Å². The average molecular weight is 391 g/mol. The van der Waals surface area contributed by atoms with Crippen molar-refractivity contribution in [3.05, 3.63) is 70.8 Å². The third kappa shape index (κ3) is 4.72. The van der Waals surface area contributed by atoms with Crippen molar-refractivity contribution in [2.75, 3.05) is 26.2 Å². The van der Waals surface area contributed by atoms with Crippen molar-refractivity contribution in [1.82, 2.24) is 9.80 Å². The van der Waals surface area contributed by atoms with Gasteiger partial charge in [0, 0.05) is 26.1 Å². The van der Waals surface area contributed by atoms with E-state index in [0.717, 1.165) is 45.6 Å². The number of hydrogen-bond donors (Lipinski definition) is 0. The Morgan fingerprint density at radius 2 is 1.69 bits per heavy atom. The third-order valence-corrected chi connectivity index (χ3v) is 6.98. The number of fused-ring (bicyclic) bond motifs is 1. The molecule has 0 aromatic heterocycles. The van der Waals surface area contributed by atoms with Crippen molar-refractivity contribution in [2.45, 2.75) is 52.5 Å². The minimum absolute atomic E-state index is 0.234. The molecule has 3 heteroatoms. The van der Waals surface area contributed by atoms with Crippen LogP contribution in [0.2, 0.25) is 0 Å². The molecule has 154 valence electrons. The summed E-state index contributed by atoms with van der Waals surface area (Å²) < 4.78 is 0. The maximum atomic E-state index is 12.6. The summed E-state index contributed by atoms with van der Waals surface area (Å²) in [6.07, 6.45) is 5.20. The van der Waals surface area contributed by atoms with E-state index in [9.17, 15) is 4.79 Å². The van der Waals surface area contributed by atoms with Crippen molar-refractivity contribution in [3.8, 4) is 0 Å². The maximum Gasteiger partial charge on any atom is 0.222 e. The third-order valence-electron chi connectivity index (χ3n) is 6.98. The molecular formula is C26H34N2O. The number of carbonyl (C=O) groups excluding carboxylic acids is 1. The lowest BCUT2D eigenvalue weighted by Crippen LogP contribution is -2.47. The number of carbonyl (C=O) groups is 1. The monoisotopic (exact) mass is 390 g/mol. The quantitative estimate of drug-likeness (QED) is 0.761. The largest absolute Gasteiger partial charge is 0.338 e. The van der Waals surface area contributed by atoms with E-state index in [-0.39, 0.29) is 5.41 Å². The molecule has 0 N–H and O–H groups in total. The van der Waals surface area contributed by atoms with Crippen LogP contribution in [0.1, 0.15) is 48.4 Å².